The summed E-state index contributed by atoms with van der Waals surface area (Å²) in [6, 6.07) is 2.17. The smallest absolute Gasteiger partial charge is 0.389 e. The van der Waals surface area contributed by atoms with Crippen molar-refractivity contribution in [1.29, 1.82) is 0 Å². The number of thioether (sulfide) groups is 1. The van der Waals surface area contributed by atoms with Crippen molar-refractivity contribution < 1.29 is 18.3 Å². The number of aromatic nitrogens is 1. The van der Waals surface area contributed by atoms with E-state index in [1.54, 1.807) is 0 Å². The largest absolute Gasteiger partial charge is 0.433 e. The third-order valence-electron chi connectivity index (χ3n) is 1.91. The highest BCUT2D eigenvalue weighted by atomic mass is 32.2. The monoisotopic (exact) mass is 251 g/mol. The van der Waals surface area contributed by atoms with Crippen LogP contribution < -0.4 is 0 Å². The van der Waals surface area contributed by atoms with Crippen molar-refractivity contribution >= 4 is 11.8 Å². The zero-order chi connectivity index (χ0) is 12.3. The van der Waals surface area contributed by atoms with Crippen LogP contribution in [-0.2, 0) is 6.18 Å². The molecule has 1 aromatic heterocycles. The van der Waals surface area contributed by atoms with Gasteiger partial charge in [0, 0.05) is 5.56 Å². The summed E-state index contributed by atoms with van der Waals surface area (Å²) < 4.78 is 37.2. The summed E-state index contributed by atoms with van der Waals surface area (Å²) in [6.45, 7) is 3.32. The molecular weight excluding hydrogens is 239 g/mol. The molecule has 1 N–H and O–H groups in total. The van der Waals surface area contributed by atoms with Gasteiger partial charge >= 0.3 is 6.18 Å². The van der Waals surface area contributed by atoms with Crippen LogP contribution >= 0.6 is 11.8 Å². The van der Waals surface area contributed by atoms with Gasteiger partial charge in [-0.2, -0.15) is 13.2 Å². The van der Waals surface area contributed by atoms with Gasteiger partial charge in [-0.25, -0.2) is 4.98 Å². The van der Waals surface area contributed by atoms with Gasteiger partial charge in [0.2, 0.25) is 0 Å². The zero-order valence-electron chi connectivity index (χ0n) is 8.88. The number of hydrogen-bond donors (Lipinski definition) is 1. The van der Waals surface area contributed by atoms with Crippen molar-refractivity contribution in [3.05, 3.63) is 23.4 Å². The lowest BCUT2D eigenvalue weighted by Crippen LogP contribution is -2.10. The number of hydrogen-bond acceptors (Lipinski definition) is 3. The number of aliphatic hydroxyl groups excluding tert-OH is 1. The van der Waals surface area contributed by atoms with Crippen LogP contribution in [0.1, 0.15) is 31.2 Å². The molecule has 1 unspecified atom stereocenters. The van der Waals surface area contributed by atoms with E-state index in [1.165, 1.54) is 24.8 Å². The molecular formula is C10H12F3NOS. The van der Waals surface area contributed by atoms with Gasteiger partial charge < -0.3 is 5.11 Å². The van der Waals surface area contributed by atoms with Gasteiger partial charge in [-0.05, 0) is 18.7 Å². The standard InChI is InChI=1S/C10H12F3NOS/c1-3-16-9-7(6(2)15)4-5-8(14-9)10(11,12)13/h4-6,15H,3H2,1-2H3. The summed E-state index contributed by atoms with van der Waals surface area (Å²) in [4.78, 5) is 3.53. The molecule has 1 aromatic rings. The van der Waals surface area contributed by atoms with Crippen LogP contribution in [-0.4, -0.2) is 15.8 Å². The number of pyridine rings is 1. The topological polar surface area (TPSA) is 33.1 Å². The lowest BCUT2D eigenvalue weighted by molar-refractivity contribution is -0.141. The average Bonchev–Trinajstić information content (AvgIpc) is 2.16. The number of aliphatic hydroxyl groups is 1. The van der Waals surface area contributed by atoms with Crippen LogP contribution in [0.3, 0.4) is 0 Å². The van der Waals surface area contributed by atoms with Crippen molar-refractivity contribution in [2.45, 2.75) is 31.2 Å². The fraction of sp³-hybridized carbons (Fsp3) is 0.500. The predicted octanol–water partition coefficient (Wildman–Crippen LogP) is 3.27. The van der Waals surface area contributed by atoms with E-state index in [0.29, 0.717) is 11.3 Å². The highest BCUT2D eigenvalue weighted by molar-refractivity contribution is 7.99. The third-order valence-corrected chi connectivity index (χ3v) is 2.80. The Labute approximate surface area is 95.9 Å². The molecule has 0 radical (unpaired) electrons. The first-order chi connectivity index (χ1) is 7.36. The molecule has 6 heteroatoms. The second-order valence-electron chi connectivity index (χ2n) is 3.20. The van der Waals surface area contributed by atoms with Crippen LogP contribution in [0.2, 0.25) is 0 Å². The maximum Gasteiger partial charge on any atom is 0.433 e. The van der Waals surface area contributed by atoms with Gasteiger partial charge in [0.05, 0.1) is 6.10 Å². The Hall–Kier alpha value is -0.750. The molecule has 0 aromatic carbocycles. The second-order valence-corrected chi connectivity index (χ2v) is 4.45. The Morgan fingerprint density at radius 3 is 2.50 bits per heavy atom. The molecule has 0 spiro atoms. The fourth-order valence-corrected chi connectivity index (χ4v) is 2.02. The van der Waals surface area contributed by atoms with E-state index in [4.69, 9.17) is 0 Å². The van der Waals surface area contributed by atoms with E-state index < -0.39 is 18.0 Å². The Balaban J connectivity index is 3.17. The molecule has 16 heavy (non-hydrogen) atoms. The molecule has 1 heterocycles. The molecule has 1 atom stereocenters. The van der Waals surface area contributed by atoms with Crippen molar-refractivity contribution in [2.75, 3.05) is 5.75 Å². The van der Waals surface area contributed by atoms with Gasteiger partial charge in [0.1, 0.15) is 10.7 Å². The van der Waals surface area contributed by atoms with Crippen LogP contribution in [0.4, 0.5) is 13.2 Å². The molecule has 0 aliphatic heterocycles. The molecule has 2 nitrogen and oxygen atoms in total. The lowest BCUT2D eigenvalue weighted by atomic mass is 10.2. The summed E-state index contributed by atoms with van der Waals surface area (Å²) in [5, 5.41) is 9.63. The van der Waals surface area contributed by atoms with E-state index in [1.807, 2.05) is 6.92 Å². The maximum atomic E-state index is 12.4. The third kappa shape index (κ3) is 3.12. The van der Waals surface area contributed by atoms with E-state index in [2.05, 4.69) is 4.98 Å². The first-order valence-corrected chi connectivity index (χ1v) is 5.73. The highest BCUT2D eigenvalue weighted by Crippen LogP contribution is 2.32. The van der Waals surface area contributed by atoms with Gasteiger partial charge in [0.25, 0.3) is 0 Å². The highest BCUT2D eigenvalue weighted by Gasteiger charge is 2.33. The quantitative estimate of drug-likeness (QED) is 0.837. The molecule has 0 aliphatic carbocycles. The molecule has 0 fully saturated rings. The summed E-state index contributed by atoms with van der Waals surface area (Å²) in [5.41, 5.74) is -0.493. The predicted molar refractivity (Wildman–Crippen MR) is 56.3 cm³/mol. The minimum Gasteiger partial charge on any atom is -0.389 e. The summed E-state index contributed by atoms with van der Waals surface area (Å²) >= 11 is 1.19. The van der Waals surface area contributed by atoms with Crippen molar-refractivity contribution in [3.8, 4) is 0 Å². The van der Waals surface area contributed by atoms with E-state index in [-0.39, 0.29) is 5.03 Å². The number of rotatable bonds is 3. The van der Waals surface area contributed by atoms with E-state index in [9.17, 15) is 18.3 Å². The van der Waals surface area contributed by atoms with Crippen LogP contribution in [0.15, 0.2) is 17.2 Å². The summed E-state index contributed by atoms with van der Waals surface area (Å²) in [5.74, 6) is 0.605. The zero-order valence-corrected chi connectivity index (χ0v) is 9.69. The van der Waals surface area contributed by atoms with Crippen molar-refractivity contribution in [3.63, 3.8) is 0 Å². The normalized spacial score (nSPS) is 13.9. The molecule has 90 valence electrons. The van der Waals surface area contributed by atoms with Gasteiger partial charge in [0.15, 0.2) is 0 Å². The van der Waals surface area contributed by atoms with Crippen molar-refractivity contribution in [1.82, 2.24) is 4.98 Å². The van der Waals surface area contributed by atoms with Gasteiger partial charge in [-0.3, -0.25) is 0 Å². The van der Waals surface area contributed by atoms with Crippen LogP contribution in [0, 0.1) is 0 Å². The van der Waals surface area contributed by atoms with Crippen LogP contribution in [0.5, 0.6) is 0 Å². The fourth-order valence-electron chi connectivity index (χ4n) is 1.18. The molecule has 0 aliphatic rings. The summed E-state index contributed by atoms with van der Waals surface area (Å²) in [6.07, 6.45) is -5.26. The van der Waals surface area contributed by atoms with E-state index >= 15 is 0 Å². The molecule has 0 saturated carbocycles. The first kappa shape index (κ1) is 13.3. The second kappa shape index (κ2) is 5.05. The van der Waals surface area contributed by atoms with Crippen molar-refractivity contribution in [2.24, 2.45) is 0 Å². The Morgan fingerprint density at radius 2 is 2.06 bits per heavy atom. The minimum atomic E-state index is -4.44. The number of halogens is 3. The lowest BCUT2D eigenvalue weighted by Gasteiger charge is -2.13. The van der Waals surface area contributed by atoms with Gasteiger partial charge in [-0.1, -0.05) is 13.0 Å². The number of alkyl halides is 3. The first-order valence-electron chi connectivity index (χ1n) is 4.75. The molecule has 1 rings (SSSR count). The average molecular weight is 251 g/mol. The minimum absolute atomic E-state index is 0.243. The SMILES string of the molecule is CCSc1nc(C(F)(F)F)ccc1C(C)O. The maximum absolute atomic E-state index is 12.4. The summed E-state index contributed by atoms with van der Waals surface area (Å²) in [7, 11) is 0. The molecule has 0 saturated heterocycles. The molecule has 0 amide bonds. The Kier molecular flexibility index (Phi) is 4.21. The Morgan fingerprint density at radius 1 is 1.44 bits per heavy atom. The van der Waals surface area contributed by atoms with E-state index in [0.717, 1.165) is 6.07 Å². The Bertz CT molecular complexity index is 366. The molecule has 0 bridgehead atoms. The number of nitrogens with zero attached hydrogens (tertiary/aromatic N) is 1. The van der Waals surface area contributed by atoms with Crippen LogP contribution in [0.25, 0.3) is 0 Å². The van der Waals surface area contributed by atoms with Gasteiger partial charge in [-0.15, -0.1) is 11.8 Å².